The van der Waals surface area contributed by atoms with Gasteiger partial charge in [-0.3, -0.25) is 0 Å². The molecule has 0 unspecified atom stereocenters. The molecule has 3 heteroatoms. The van der Waals surface area contributed by atoms with Crippen LogP contribution in [-0.2, 0) is 12.3 Å². The Morgan fingerprint density at radius 3 is 2.74 bits per heavy atom. The van der Waals surface area contributed by atoms with E-state index in [1.54, 1.807) is 0 Å². The third-order valence-electron chi connectivity index (χ3n) is 2.87. The summed E-state index contributed by atoms with van der Waals surface area (Å²) in [6.07, 6.45) is 0. The van der Waals surface area contributed by atoms with Crippen molar-refractivity contribution >= 4 is 23.4 Å². The predicted octanol–water partition coefficient (Wildman–Crippen LogP) is 4.66. The van der Waals surface area contributed by atoms with Gasteiger partial charge in [0, 0.05) is 22.2 Å². The molecule has 2 aromatic carbocycles. The summed E-state index contributed by atoms with van der Waals surface area (Å²) in [5, 5.41) is 3.98. The highest BCUT2D eigenvalue weighted by Gasteiger charge is 2.04. The Morgan fingerprint density at radius 2 is 2.00 bits per heavy atom. The molecule has 0 heterocycles. The van der Waals surface area contributed by atoms with Crippen LogP contribution in [0.15, 0.2) is 47.4 Å². The van der Waals surface area contributed by atoms with Crippen molar-refractivity contribution in [2.75, 3.05) is 7.05 Å². The quantitative estimate of drug-likeness (QED) is 0.804. The molecule has 0 saturated carbocycles. The maximum absolute atomic E-state index is 6.05. The van der Waals surface area contributed by atoms with Gasteiger partial charge < -0.3 is 5.32 Å². The van der Waals surface area contributed by atoms with Crippen LogP contribution in [0.3, 0.4) is 0 Å². The monoisotopic (exact) mass is 291 g/mol. The second-order valence-corrected chi connectivity index (χ2v) is 6.01. The lowest BCUT2D eigenvalue weighted by molar-refractivity contribution is 0.803. The SMILES string of the molecule is CNCc1cc(Cl)ccc1SCc1cccc(C)c1. The van der Waals surface area contributed by atoms with Crippen LogP contribution in [-0.4, -0.2) is 7.05 Å². The Balaban J connectivity index is 2.10. The van der Waals surface area contributed by atoms with E-state index >= 15 is 0 Å². The summed E-state index contributed by atoms with van der Waals surface area (Å²) in [6, 6.07) is 14.8. The van der Waals surface area contributed by atoms with Crippen molar-refractivity contribution in [2.24, 2.45) is 0 Å². The molecular weight excluding hydrogens is 274 g/mol. The fraction of sp³-hybridized carbons (Fsp3) is 0.250. The molecule has 2 aromatic rings. The second kappa shape index (κ2) is 6.99. The molecule has 0 fully saturated rings. The van der Waals surface area contributed by atoms with Crippen LogP contribution in [0.5, 0.6) is 0 Å². The van der Waals surface area contributed by atoms with E-state index in [9.17, 15) is 0 Å². The Kier molecular flexibility index (Phi) is 5.32. The van der Waals surface area contributed by atoms with Crippen molar-refractivity contribution < 1.29 is 0 Å². The largest absolute Gasteiger partial charge is 0.316 e. The minimum atomic E-state index is 0.796. The molecule has 19 heavy (non-hydrogen) atoms. The molecule has 0 aliphatic rings. The summed E-state index contributed by atoms with van der Waals surface area (Å²) in [7, 11) is 1.95. The number of benzene rings is 2. The van der Waals surface area contributed by atoms with Gasteiger partial charge in [-0.2, -0.15) is 0 Å². The number of rotatable bonds is 5. The summed E-state index contributed by atoms with van der Waals surface area (Å²) in [6.45, 7) is 2.97. The van der Waals surface area contributed by atoms with Crippen LogP contribution in [0, 0.1) is 6.92 Å². The van der Waals surface area contributed by atoms with E-state index in [-0.39, 0.29) is 0 Å². The molecule has 0 radical (unpaired) electrons. The highest BCUT2D eigenvalue weighted by molar-refractivity contribution is 7.98. The minimum Gasteiger partial charge on any atom is -0.316 e. The maximum Gasteiger partial charge on any atom is 0.0410 e. The molecule has 0 spiro atoms. The summed E-state index contributed by atoms with van der Waals surface area (Å²) in [5.41, 5.74) is 3.92. The maximum atomic E-state index is 6.05. The first-order chi connectivity index (χ1) is 9.19. The van der Waals surface area contributed by atoms with E-state index in [2.05, 4.69) is 42.6 Å². The molecule has 1 nitrogen and oxygen atoms in total. The fourth-order valence-electron chi connectivity index (χ4n) is 1.98. The van der Waals surface area contributed by atoms with Gasteiger partial charge in [0.15, 0.2) is 0 Å². The zero-order valence-corrected chi connectivity index (χ0v) is 12.8. The predicted molar refractivity (Wildman–Crippen MR) is 85.0 cm³/mol. The first-order valence-corrected chi connectivity index (χ1v) is 7.67. The third kappa shape index (κ3) is 4.27. The minimum absolute atomic E-state index is 0.796. The summed E-state index contributed by atoms with van der Waals surface area (Å²) < 4.78 is 0. The molecule has 0 aliphatic carbocycles. The van der Waals surface area contributed by atoms with Crippen LogP contribution in [0.1, 0.15) is 16.7 Å². The van der Waals surface area contributed by atoms with Crippen molar-refractivity contribution in [1.29, 1.82) is 0 Å². The second-order valence-electron chi connectivity index (χ2n) is 4.56. The van der Waals surface area contributed by atoms with Crippen molar-refractivity contribution in [2.45, 2.75) is 24.1 Å². The van der Waals surface area contributed by atoms with Gasteiger partial charge >= 0.3 is 0 Å². The molecule has 100 valence electrons. The van der Waals surface area contributed by atoms with Gasteiger partial charge in [0.25, 0.3) is 0 Å². The van der Waals surface area contributed by atoms with Gasteiger partial charge in [0.1, 0.15) is 0 Å². The Hall–Kier alpha value is -0.960. The van der Waals surface area contributed by atoms with E-state index in [1.165, 1.54) is 21.6 Å². The van der Waals surface area contributed by atoms with E-state index in [1.807, 2.05) is 30.9 Å². The van der Waals surface area contributed by atoms with Gasteiger partial charge in [-0.05, 0) is 43.3 Å². The molecular formula is C16H18ClNS. The fourth-order valence-corrected chi connectivity index (χ4v) is 3.16. The van der Waals surface area contributed by atoms with Crippen LogP contribution < -0.4 is 5.32 Å². The molecule has 2 rings (SSSR count). The Bertz CT molecular complexity index is 554. The van der Waals surface area contributed by atoms with Crippen LogP contribution in [0.25, 0.3) is 0 Å². The summed E-state index contributed by atoms with van der Waals surface area (Å²) >= 11 is 7.91. The van der Waals surface area contributed by atoms with Gasteiger partial charge in [0.05, 0.1) is 0 Å². The van der Waals surface area contributed by atoms with Crippen LogP contribution in [0.4, 0.5) is 0 Å². The molecule has 0 atom stereocenters. The lowest BCUT2D eigenvalue weighted by Crippen LogP contribution is -2.06. The number of nitrogens with one attached hydrogen (secondary N) is 1. The smallest absolute Gasteiger partial charge is 0.0410 e. The average molecular weight is 292 g/mol. The van der Waals surface area contributed by atoms with E-state index in [4.69, 9.17) is 11.6 Å². The lowest BCUT2D eigenvalue weighted by Gasteiger charge is -2.10. The number of halogens is 1. The molecule has 0 aromatic heterocycles. The topological polar surface area (TPSA) is 12.0 Å². The van der Waals surface area contributed by atoms with E-state index < -0.39 is 0 Å². The van der Waals surface area contributed by atoms with Gasteiger partial charge in [0.2, 0.25) is 0 Å². The average Bonchev–Trinajstić information content (AvgIpc) is 2.38. The molecule has 0 saturated heterocycles. The van der Waals surface area contributed by atoms with Crippen molar-refractivity contribution in [3.05, 3.63) is 64.2 Å². The molecule has 0 bridgehead atoms. The first kappa shape index (κ1) is 14.4. The summed E-state index contributed by atoms with van der Waals surface area (Å²) in [4.78, 5) is 1.29. The van der Waals surface area contributed by atoms with Crippen LogP contribution in [0.2, 0.25) is 5.02 Å². The highest BCUT2D eigenvalue weighted by atomic mass is 35.5. The van der Waals surface area contributed by atoms with Crippen LogP contribution >= 0.6 is 23.4 Å². The molecule has 0 amide bonds. The zero-order chi connectivity index (χ0) is 13.7. The highest BCUT2D eigenvalue weighted by Crippen LogP contribution is 2.28. The van der Waals surface area contributed by atoms with Gasteiger partial charge in [-0.25, -0.2) is 0 Å². The first-order valence-electron chi connectivity index (χ1n) is 6.30. The summed E-state index contributed by atoms with van der Waals surface area (Å²) in [5.74, 6) is 0.986. The lowest BCUT2D eigenvalue weighted by atomic mass is 10.2. The number of hydrogen-bond donors (Lipinski definition) is 1. The number of hydrogen-bond acceptors (Lipinski definition) is 2. The third-order valence-corrected chi connectivity index (χ3v) is 4.29. The number of aryl methyl sites for hydroxylation is 1. The van der Waals surface area contributed by atoms with Crippen molar-refractivity contribution in [3.8, 4) is 0 Å². The molecule has 0 aliphatic heterocycles. The standard InChI is InChI=1S/C16H18ClNS/c1-12-4-3-5-13(8-12)11-19-16-7-6-15(17)9-14(16)10-18-2/h3-9,18H,10-11H2,1-2H3. The molecule has 1 N–H and O–H groups in total. The van der Waals surface area contributed by atoms with Gasteiger partial charge in [-0.15, -0.1) is 11.8 Å². The van der Waals surface area contributed by atoms with E-state index in [0.29, 0.717) is 0 Å². The number of thioether (sulfide) groups is 1. The Morgan fingerprint density at radius 1 is 1.16 bits per heavy atom. The zero-order valence-electron chi connectivity index (χ0n) is 11.2. The van der Waals surface area contributed by atoms with Gasteiger partial charge in [-0.1, -0.05) is 41.4 Å². The van der Waals surface area contributed by atoms with Crippen molar-refractivity contribution in [1.82, 2.24) is 5.32 Å². The van der Waals surface area contributed by atoms with E-state index in [0.717, 1.165) is 17.3 Å². The Labute approximate surface area is 124 Å². The normalized spacial score (nSPS) is 10.7. The van der Waals surface area contributed by atoms with Crippen molar-refractivity contribution in [3.63, 3.8) is 0 Å².